The summed E-state index contributed by atoms with van der Waals surface area (Å²) >= 11 is 3.75. The van der Waals surface area contributed by atoms with E-state index in [2.05, 4.69) is 182 Å². The Morgan fingerprint density at radius 2 is 0.729 bits per heavy atom. The molecule has 5 heteroatoms. The second kappa shape index (κ2) is 13.0. The van der Waals surface area contributed by atoms with Crippen molar-refractivity contribution in [3.05, 3.63) is 188 Å². The molecule has 4 heterocycles. The molecule has 9 aromatic carbocycles. The molecule has 0 bridgehead atoms. The SMILES string of the molecule is c1cc2c3c(c1)Oc1cc(-c4ccc(-c5cccc6c5sc5ccccc56)cc4)ccc1P3c1ccc(-c3ccc(-c4cccc5c4sc4ccccc45)cc3)cc1O2. The highest BCUT2D eigenvalue weighted by atomic mass is 32.1. The third kappa shape index (κ3) is 5.21. The lowest BCUT2D eigenvalue weighted by Gasteiger charge is -2.34. The first-order chi connectivity index (χ1) is 29.2. The predicted molar refractivity (Wildman–Crippen MR) is 253 cm³/mol. The van der Waals surface area contributed by atoms with Crippen molar-refractivity contribution in [2.75, 3.05) is 0 Å². The number of rotatable bonds is 4. The van der Waals surface area contributed by atoms with E-state index in [1.165, 1.54) is 84.3 Å². The minimum Gasteiger partial charge on any atom is -0.456 e. The van der Waals surface area contributed by atoms with Gasteiger partial charge in [-0.05, 0) is 93.0 Å². The average Bonchev–Trinajstić information content (AvgIpc) is 3.88. The van der Waals surface area contributed by atoms with Crippen LogP contribution in [0.2, 0.25) is 0 Å². The van der Waals surface area contributed by atoms with Crippen LogP contribution in [0.4, 0.5) is 0 Å². The Hall–Kier alpha value is -6.55. The van der Waals surface area contributed by atoms with Crippen molar-refractivity contribution in [3.8, 4) is 67.5 Å². The van der Waals surface area contributed by atoms with Crippen LogP contribution in [-0.4, -0.2) is 0 Å². The Kier molecular flexibility index (Phi) is 7.35. The average molecular weight is 807 g/mol. The Morgan fingerprint density at radius 1 is 0.322 bits per heavy atom. The molecule has 0 spiro atoms. The van der Waals surface area contributed by atoms with Crippen LogP contribution in [0.3, 0.4) is 0 Å². The van der Waals surface area contributed by atoms with E-state index in [0.717, 1.165) is 39.4 Å². The van der Waals surface area contributed by atoms with Crippen molar-refractivity contribution in [2.45, 2.75) is 0 Å². The molecule has 0 atom stereocenters. The summed E-state index contributed by atoms with van der Waals surface area (Å²) in [4.78, 5) is 0. The molecule has 2 nitrogen and oxygen atoms in total. The molecule has 0 unspecified atom stereocenters. The zero-order valence-electron chi connectivity index (χ0n) is 31.5. The lowest BCUT2D eigenvalue weighted by molar-refractivity contribution is 0.467. The molecule has 0 N–H and O–H groups in total. The quantitative estimate of drug-likeness (QED) is 0.165. The number of fused-ring (bicyclic) bond motifs is 10. The van der Waals surface area contributed by atoms with Crippen LogP contribution in [-0.2, 0) is 0 Å². The Morgan fingerprint density at radius 3 is 1.22 bits per heavy atom. The summed E-state index contributed by atoms with van der Waals surface area (Å²) in [7, 11) is -0.884. The van der Waals surface area contributed by atoms with Gasteiger partial charge in [0, 0.05) is 58.9 Å². The van der Waals surface area contributed by atoms with Gasteiger partial charge in [0.05, 0.1) is 5.30 Å². The summed E-state index contributed by atoms with van der Waals surface area (Å²) in [5.41, 5.74) is 9.62. The maximum absolute atomic E-state index is 6.69. The minimum absolute atomic E-state index is 0.879. The number of ether oxygens (including phenoxy) is 2. The molecule has 0 radical (unpaired) electrons. The smallest absolute Gasteiger partial charge is 0.139 e. The molecule has 59 heavy (non-hydrogen) atoms. The normalized spacial score (nSPS) is 12.9. The summed E-state index contributed by atoms with van der Waals surface area (Å²) in [6.07, 6.45) is 0. The Balaban J connectivity index is 0.828. The number of hydrogen-bond donors (Lipinski definition) is 0. The molecule has 0 saturated carbocycles. The molecule has 0 saturated heterocycles. The van der Waals surface area contributed by atoms with Crippen LogP contribution in [0.1, 0.15) is 0 Å². The first kappa shape index (κ1) is 33.4. The molecule has 2 aromatic heterocycles. The fraction of sp³-hybridized carbons (Fsp3) is 0. The van der Waals surface area contributed by atoms with Gasteiger partial charge in [-0.2, -0.15) is 0 Å². The van der Waals surface area contributed by atoms with Gasteiger partial charge in [0.1, 0.15) is 23.0 Å². The standard InChI is InChI=1S/C54H31O2PS2/c1-3-16-50-40(8-1)42-12-5-10-38(53(42)58-50)34-22-18-32(19-23-34)36-26-28-48-46(30-36)55-44-14-7-15-45-52(44)57(48)49-29-27-37(31-47(49)56-45)33-20-24-35(25-21-33)39-11-6-13-43-41-9-2-4-17-51(41)59-54(39)43/h1-31H. The van der Waals surface area contributed by atoms with Crippen molar-refractivity contribution in [3.63, 3.8) is 0 Å². The van der Waals surface area contributed by atoms with Gasteiger partial charge in [-0.3, -0.25) is 0 Å². The number of thiophene rings is 2. The molecule has 0 fully saturated rings. The predicted octanol–water partition coefficient (Wildman–Crippen LogP) is 15.1. The molecular formula is C54H31O2PS2. The second-order valence-corrected chi connectivity index (χ2v) is 19.4. The van der Waals surface area contributed by atoms with Crippen molar-refractivity contribution < 1.29 is 9.47 Å². The van der Waals surface area contributed by atoms with Crippen molar-refractivity contribution in [2.24, 2.45) is 0 Å². The van der Waals surface area contributed by atoms with E-state index in [1.807, 2.05) is 28.7 Å². The summed E-state index contributed by atoms with van der Waals surface area (Å²) < 4.78 is 18.7. The van der Waals surface area contributed by atoms with Crippen LogP contribution in [0.5, 0.6) is 23.0 Å². The molecule has 0 amide bonds. The van der Waals surface area contributed by atoms with E-state index in [1.54, 1.807) is 0 Å². The highest BCUT2D eigenvalue weighted by molar-refractivity contribution is 7.80. The zero-order valence-corrected chi connectivity index (χ0v) is 34.0. The summed E-state index contributed by atoms with van der Waals surface area (Å²) in [5.74, 6) is 3.59. The third-order valence-electron chi connectivity index (χ3n) is 11.9. The second-order valence-electron chi connectivity index (χ2n) is 15.2. The Labute approximate surface area is 349 Å². The van der Waals surface area contributed by atoms with E-state index in [9.17, 15) is 0 Å². The van der Waals surface area contributed by atoms with Crippen LogP contribution in [0, 0.1) is 0 Å². The maximum Gasteiger partial charge on any atom is 0.139 e. The van der Waals surface area contributed by atoms with Gasteiger partial charge in [-0.1, -0.05) is 140 Å². The van der Waals surface area contributed by atoms with Gasteiger partial charge in [-0.25, -0.2) is 0 Å². The molecular weight excluding hydrogens is 776 g/mol. The number of benzene rings is 9. The molecule has 0 aliphatic carbocycles. The molecule has 2 aliphatic heterocycles. The van der Waals surface area contributed by atoms with Crippen LogP contribution >= 0.6 is 30.6 Å². The molecule has 2 aliphatic rings. The van der Waals surface area contributed by atoms with Gasteiger partial charge < -0.3 is 9.47 Å². The lowest BCUT2D eigenvalue weighted by atomic mass is 9.99. The number of hydrogen-bond acceptors (Lipinski definition) is 4. The first-order valence-electron chi connectivity index (χ1n) is 19.8. The minimum atomic E-state index is -0.884. The van der Waals surface area contributed by atoms with Crippen LogP contribution < -0.4 is 25.4 Å². The highest BCUT2D eigenvalue weighted by Crippen LogP contribution is 2.53. The lowest BCUT2D eigenvalue weighted by Crippen LogP contribution is -2.31. The van der Waals surface area contributed by atoms with E-state index in [4.69, 9.17) is 9.47 Å². The monoisotopic (exact) mass is 806 g/mol. The molecule has 11 aromatic rings. The van der Waals surface area contributed by atoms with Gasteiger partial charge in [0.2, 0.25) is 0 Å². The Bertz CT molecular complexity index is 3280. The largest absolute Gasteiger partial charge is 0.456 e. The van der Waals surface area contributed by atoms with E-state index in [-0.39, 0.29) is 0 Å². The third-order valence-corrected chi connectivity index (χ3v) is 16.9. The van der Waals surface area contributed by atoms with Gasteiger partial charge in [0.15, 0.2) is 0 Å². The molecule has 276 valence electrons. The van der Waals surface area contributed by atoms with Gasteiger partial charge >= 0.3 is 0 Å². The van der Waals surface area contributed by atoms with Crippen LogP contribution in [0.25, 0.3) is 84.9 Å². The van der Waals surface area contributed by atoms with Crippen molar-refractivity contribution >= 4 is 86.9 Å². The fourth-order valence-corrected chi connectivity index (χ4v) is 14.1. The van der Waals surface area contributed by atoms with Gasteiger partial charge in [-0.15, -0.1) is 22.7 Å². The van der Waals surface area contributed by atoms with Gasteiger partial charge in [0.25, 0.3) is 0 Å². The van der Waals surface area contributed by atoms with E-state index in [0.29, 0.717) is 0 Å². The van der Waals surface area contributed by atoms with Crippen molar-refractivity contribution in [1.29, 1.82) is 0 Å². The summed E-state index contributed by atoms with van der Waals surface area (Å²) in [6.45, 7) is 0. The maximum atomic E-state index is 6.69. The summed E-state index contributed by atoms with van der Waals surface area (Å²) in [6, 6.07) is 68.4. The highest BCUT2D eigenvalue weighted by Gasteiger charge is 2.37. The summed E-state index contributed by atoms with van der Waals surface area (Å²) in [5, 5.41) is 8.88. The fourth-order valence-electron chi connectivity index (χ4n) is 9.05. The van der Waals surface area contributed by atoms with E-state index < -0.39 is 7.92 Å². The first-order valence-corrected chi connectivity index (χ1v) is 22.8. The topological polar surface area (TPSA) is 18.5 Å². The van der Waals surface area contributed by atoms with E-state index >= 15 is 0 Å². The van der Waals surface area contributed by atoms with Crippen LogP contribution in [0.15, 0.2) is 188 Å². The zero-order chi connectivity index (χ0) is 38.6. The molecule has 13 rings (SSSR count). The van der Waals surface area contributed by atoms with Crippen molar-refractivity contribution in [1.82, 2.24) is 0 Å².